The van der Waals surface area contributed by atoms with Crippen LogP contribution in [0.5, 0.6) is 11.5 Å². The van der Waals surface area contributed by atoms with Crippen molar-refractivity contribution in [3.8, 4) is 11.5 Å². The first-order valence-corrected chi connectivity index (χ1v) is 6.19. The van der Waals surface area contributed by atoms with Gasteiger partial charge in [0.15, 0.2) is 11.6 Å². The average molecular weight is 283 g/mol. The first-order valence-electron chi connectivity index (χ1n) is 6.19. The van der Waals surface area contributed by atoms with E-state index >= 15 is 0 Å². The number of aromatic nitrogens is 1. The third kappa shape index (κ3) is 2.53. The molecule has 0 saturated heterocycles. The average Bonchev–Trinajstić information content (AvgIpc) is 2.49. The molecular weight excluding hydrogens is 273 g/mol. The number of rotatable bonds is 3. The second-order valence-corrected chi connectivity index (χ2v) is 4.38. The van der Waals surface area contributed by atoms with Crippen molar-refractivity contribution in [3.63, 3.8) is 0 Å². The molecule has 0 aliphatic carbocycles. The number of hydrogen-bond acceptors (Lipinski definition) is 3. The molecule has 4 nitrogen and oxygen atoms in total. The Morgan fingerprint density at radius 3 is 2.81 bits per heavy atom. The Kier molecular flexibility index (Phi) is 3.23. The molecule has 0 radical (unpaired) electrons. The smallest absolute Gasteiger partial charge is 0.339 e. The Morgan fingerprint density at radius 2 is 2.00 bits per heavy atom. The summed E-state index contributed by atoms with van der Waals surface area (Å²) in [5.41, 5.74) is 0.458. The van der Waals surface area contributed by atoms with E-state index in [1.165, 1.54) is 12.1 Å². The van der Waals surface area contributed by atoms with Gasteiger partial charge in [0.05, 0.1) is 5.52 Å². The van der Waals surface area contributed by atoms with Crippen LogP contribution in [0.15, 0.2) is 54.7 Å². The van der Waals surface area contributed by atoms with Gasteiger partial charge in [-0.15, -0.1) is 0 Å². The van der Waals surface area contributed by atoms with Crippen LogP contribution in [0.1, 0.15) is 10.4 Å². The molecule has 1 aromatic heterocycles. The number of para-hydroxylation sites is 1. The number of carboxylic acid groups (broad SMARTS) is 1. The number of fused-ring (bicyclic) bond motifs is 1. The summed E-state index contributed by atoms with van der Waals surface area (Å²) in [6.07, 6.45) is 1.64. The van der Waals surface area contributed by atoms with Crippen LogP contribution < -0.4 is 4.74 Å². The van der Waals surface area contributed by atoms with Crippen LogP contribution in [0.4, 0.5) is 4.39 Å². The number of halogens is 1. The SMILES string of the molecule is O=C(O)c1cccc(F)c1Oc1ccc2cccnc2c1. The van der Waals surface area contributed by atoms with Crippen molar-refractivity contribution >= 4 is 16.9 Å². The first-order chi connectivity index (χ1) is 10.1. The minimum Gasteiger partial charge on any atom is -0.478 e. The van der Waals surface area contributed by atoms with Gasteiger partial charge in [-0.3, -0.25) is 4.98 Å². The van der Waals surface area contributed by atoms with Crippen LogP contribution >= 0.6 is 0 Å². The molecule has 2 aromatic carbocycles. The molecular formula is C16H10FNO3. The van der Waals surface area contributed by atoms with Crippen molar-refractivity contribution in [2.75, 3.05) is 0 Å². The standard InChI is InChI=1S/C16H10FNO3/c17-13-5-1-4-12(16(19)20)15(13)21-11-7-6-10-3-2-8-18-14(10)9-11/h1-9H,(H,19,20). The van der Waals surface area contributed by atoms with Gasteiger partial charge in [-0.05, 0) is 30.3 Å². The van der Waals surface area contributed by atoms with Crippen LogP contribution in [-0.4, -0.2) is 16.1 Å². The van der Waals surface area contributed by atoms with Crippen LogP contribution in [0.2, 0.25) is 0 Å². The number of carboxylic acids is 1. The molecule has 0 spiro atoms. The van der Waals surface area contributed by atoms with E-state index in [2.05, 4.69) is 4.98 Å². The molecule has 0 unspecified atom stereocenters. The lowest BCUT2D eigenvalue weighted by atomic mass is 10.2. The third-order valence-corrected chi connectivity index (χ3v) is 2.99. The molecule has 3 aromatic rings. The summed E-state index contributed by atoms with van der Waals surface area (Å²) in [5, 5.41) is 9.99. The second kappa shape index (κ2) is 5.20. The van der Waals surface area contributed by atoms with Crippen LogP contribution in [0.3, 0.4) is 0 Å². The molecule has 21 heavy (non-hydrogen) atoms. The van der Waals surface area contributed by atoms with Crippen LogP contribution in [-0.2, 0) is 0 Å². The first kappa shape index (κ1) is 13.1. The van der Waals surface area contributed by atoms with Gasteiger partial charge >= 0.3 is 5.97 Å². The highest BCUT2D eigenvalue weighted by Crippen LogP contribution is 2.30. The van der Waals surface area contributed by atoms with E-state index in [1.807, 2.05) is 12.1 Å². The second-order valence-electron chi connectivity index (χ2n) is 4.38. The molecule has 0 saturated carbocycles. The van der Waals surface area contributed by atoms with E-state index in [0.717, 1.165) is 11.5 Å². The number of nitrogens with zero attached hydrogens (tertiary/aromatic N) is 1. The summed E-state index contributed by atoms with van der Waals surface area (Å²) < 4.78 is 19.2. The van der Waals surface area contributed by atoms with E-state index in [0.29, 0.717) is 11.3 Å². The zero-order valence-corrected chi connectivity index (χ0v) is 10.8. The van der Waals surface area contributed by atoms with Gasteiger partial charge in [0.2, 0.25) is 0 Å². The molecule has 0 bridgehead atoms. The lowest BCUT2D eigenvalue weighted by Gasteiger charge is -2.10. The molecule has 0 atom stereocenters. The fourth-order valence-corrected chi connectivity index (χ4v) is 2.01. The van der Waals surface area contributed by atoms with Crippen molar-refractivity contribution in [2.45, 2.75) is 0 Å². The maximum atomic E-state index is 13.8. The zero-order valence-electron chi connectivity index (χ0n) is 10.8. The Hall–Kier alpha value is -2.95. The molecule has 0 fully saturated rings. The van der Waals surface area contributed by atoms with Crippen molar-refractivity contribution in [2.24, 2.45) is 0 Å². The number of pyridine rings is 1. The Morgan fingerprint density at radius 1 is 1.14 bits per heavy atom. The topological polar surface area (TPSA) is 59.4 Å². The number of ether oxygens (including phenoxy) is 1. The summed E-state index contributed by atoms with van der Waals surface area (Å²) in [5.74, 6) is -1.95. The monoisotopic (exact) mass is 283 g/mol. The highest BCUT2D eigenvalue weighted by atomic mass is 19.1. The molecule has 0 amide bonds. The minimum atomic E-state index is -1.25. The fraction of sp³-hybridized carbons (Fsp3) is 0. The Labute approximate surface area is 119 Å². The Balaban J connectivity index is 2.04. The summed E-state index contributed by atoms with van der Waals surface area (Å²) in [7, 11) is 0. The predicted molar refractivity (Wildman–Crippen MR) is 75.2 cm³/mol. The van der Waals surface area contributed by atoms with Gasteiger partial charge in [0.1, 0.15) is 11.3 Å². The minimum absolute atomic E-state index is 0.226. The van der Waals surface area contributed by atoms with E-state index in [4.69, 9.17) is 9.84 Å². The number of hydrogen-bond donors (Lipinski definition) is 1. The lowest BCUT2D eigenvalue weighted by Crippen LogP contribution is -2.02. The van der Waals surface area contributed by atoms with Crippen molar-refractivity contribution in [1.82, 2.24) is 4.98 Å². The highest BCUT2D eigenvalue weighted by molar-refractivity contribution is 5.91. The van der Waals surface area contributed by atoms with Crippen molar-refractivity contribution < 1.29 is 19.0 Å². The van der Waals surface area contributed by atoms with E-state index in [-0.39, 0.29) is 11.3 Å². The molecule has 1 N–H and O–H groups in total. The van der Waals surface area contributed by atoms with Gasteiger partial charge < -0.3 is 9.84 Å². The summed E-state index contributed by atoms with van der Waals surface area (Å²) in [6.45, 7) is 0. The normalized spacial score (nSPS) is 10.5. The summed E-state index contributed by atoms with van der Waals surface area (Å²) >= 11 is 0. The van der Waals surface area contributed by atoms with Gasteiger partial charge in [-0.1, -0.05) is 12.1 Å². The molecule has 0 aliphatic rings. The quantitative estimate of drug-likeness (QED) is 0.792. The van der Waals surface area contributed by atoms with Gasteiger partial charge in [-0.2, -0.15) is 0 Å². The molecule has 5 heteroatoms. The van der Waals surface area contributed by atoms with Crippen LogP contribution in [0.25, 0.3) is 10.9 Å². The van der Waals surface area contributed by atoms with Crippen molar-refractivity contribution in [3.05, 3.63) is 66.1 Å². The summed E-state index contributed by atoms with van der Waals surface area (Å²) in [4.78, 5) is 15.3. The lowest BCUT2D eigenvalue weighted by molar-refractivity contribution is 0.0693. The highest BCUT2D eigenvalue weighted by Gasteiger charge is 2.16. The fourth-order valence-electron chi connectivity index (χ4n) is 2.01. The van der Waals surface area contributed by atoms with Gasteiger partial charge in [-0.25, -0.2) is 9.18 Å². The van der Waals surface area contributed by atoms with Gasteiger partial charge in [0, 0.05) is 17.6 Å². The predicted octanol–water partition coefficient (Wildman–Crippen LogP) is 3.86. The molecule has 1 heterocycles. The number of carbonyl (C=O) groups is 1. The largest absolute Gasteiger partial charge is 0.478 e. The number of aromatic carboxylic acids is 1. The van der Waals surface area contributed by atoms with E-state index in [9.17, 15) is 9.18 Å². The maximum Gasteiger partial charge on any atom is 0.339 e. The third-order valence-electron chi connectivity index (χ3n) is 2.99. The van der Waals surface area contributed by atoms with Crippen molar-refractivity contribution in [1.29, 1.82) is 0 Å². The Bertz CT molecular complexity index is 833. The van der Waals surface area contributed by atoms with Crippen LogP contribution in [0, 0.1) is 5.82 Å². The van der Waals surface area contributed by atoms with E-state index in [1.54, 1.807) is 24.4 Å². The maximum absolute atomic E-state index is 13.8. The summed E-state index contributed by atoms with van der Waals surface area (Å²) in [6, 6.07) is 12.5. The molecule has 104 valence electrons. The number of benzene rings is 2. The molecule has 0 aliphatic heterocycles. The molecule has 3 rings (SSSR count). The zero-order chi connectivity index (χ0) is 14.8. The van der Waals surface area contributed by atoms with E-state index < -0.39 is 11.8 Å². The van der Waals surface area contributed by atoms with Gasteiger partial charge in [0.25, 0.3) is 0 Å².